The third-order valence-electron chi connectivity index (χ3n) is 3.02. The molecule has 0 saturated heterocycles. The van der Waals surface area contributed by atoms with Crippen LogP contribution in [0.1, 0.15) is 35.7 Å². The molecule has 1 aliphatic rings. The average molecular weight is 263 g/mol. The fraction of sp³-hybridized carbons (Fsp3) is 0.429. The summed E-state index contributed by atoms with van der Waals surface area (Å²) in [5.41, 5.74) is 1.49. The van der Waals surface area contributed by atoms with E-state index in [-0.39, 0.29) is 11.9 Å². The van der Waals surface area contributed by atoms with Gasteiger partial charge in [0.1, 0.15) is 5.75 Å². The van der Waals surface area contributed by atoms with E-state index in [0.29, 0.717) is 31.4 Å². The van der Waals surface area contributed by atoms with Gasteiger partial charge in [-0.15, -0.1) is 0 Å². The lowest BCUT2D eigenvalue weighted by atomic mass is 10.00. The molecule has 1 aromatic carbocycles. The van der Waals surface area contributed by atoms with Crippen LogP contribution in [-0.4, -0.2) is 30.6 Å². The van der Waals surface area contributed by atoms with Crippen LogP contribution in [0.2, 0.25) is 0 Å². The highest BCUT2D eigenvalue weighted by Gasteiger charge is 2.27. The molecule has 2 rings (SSSR count). The van der Waals surface area contributed by atoms with Crippen molar-refractivity contribution < 1.29 is 19.2 Å². The van der Waals surface area contributed by atoms with Gasteiger partial charge < -0.3 is 9.57 Å². The second kappa shape index (κ2) is 5.73. The SMILES string of the molecule is CCCC(=O)ON1CCc2cc(OC)ccc2C1=O. The summed E-state index contributed by atoms with van der Waals surface area (Å²) in [5.74, 6) is 0.0872. The highest BCUT2D eigenvalue weighted by molar-refractivity contribution is 5.96. The zero-order chi connectivity index (χ0) is 13.8. The first kappa shape index (κ1) is 13.4. The van der Waals surface area contributed by atoms with Gasteiger partial charge in [0.15, 0.2) is 0 Å². The second-order valence-corrected chi connectivity index (χ2v) is 4.39. The van der Waals surface area contributed by atoms with Crippen LogP contribution >= 0.6 is 0 Å². The molecule has 0 radical (unpaired) electrons. The Labute approximate surface area is 112 Å². The number of fused-ring (bicyclic) bond motifs is 1. The fourth-order valence-corrected chi connectivity index (χ4v) is 2.03. The van der Waals surface area contributed by atoms with E-state index in [1.54, 1.807) is 19.2 Å². The monoisotopic (exact) mass is 263 g/mol. The lowest BCUT2D eigenvalue weighted by Gasteiger charge is -2.26. The quantitative estimate of drug-likeness (QED) is 0.833. The molecule has 1 aliphatic heterocycles. The Morgan fingerprint density at radius 3 is 2.89 bits per heavy atom. The molecule has 0 aliphatic carbocycles. The van der Waals surface area contributed by atoms with E-state index in [1.807, 2.05) is 13.0 Å². The van der Waals surface area contributed by atoms with E-state index in [0.717, 1.165) is 16.4 Å². The van der Waals surface area contributed by atoms with Gasteiger partial charge in [-0.2, -0.15) is 5.06 Å². The molecule has 5 heteroatoms. The Morgan fingerprint density at radius 1 is 1.42 bits per heavy atom. The number of amides is 1. The molecule has 0 unspecified atom stereocenters. The molecule has 1 amide bonds. The minimum absolute atomic E-state index is 0.270. The summed E-state index contributed by atoms with van der Waals surface area (Å²) in [6.07, 6.45) is 1.67. The minimum atomic E-state index is -0.368. The predicted octanol–water partition coefficient (Wildman–Crippen LogP) is 1.95. The van der Waals surface area contributed by atoms with Crippen LogP contribution in [0.4, 0.5) is 0 Å². The van der Waals surface area contributed by atoms with Crippen molar-refractivity contribution in [3.63, 3.8) is 0 Å². The maximum Gasteiger partial charge on any atom is 0.332 e. The van der Waals surface area contributed by atoms with Crippen LogP contribution in [0, 0.1) is 0 Å². The van der Waals surface area contributed by atoms with E-state index in [2.05, 4.69) is 0 Å². The summed E-state index contributed by atoms with van der Waals surface area (Å²) in [5, 5.41) is 1.15. The molecular weight excluding hydrogens is 246 g/mol. The first-order valence-electron chi connectivity index (χ1n) is 6.35. The van der Waals surface area contributed by atoms with Crippen molar-refractivity contribution >= 4 is 11.9 Å². The zero-order valence-electron chi connectivity index (χ0n) is 11.1. The number of rotatable bonds is 4. The van der Waals surface area contributed by atoms with Crippen LogP contribution in [0.3, 0.4) is 0 Å². The zero-order valence-corrected chi connectivity index (χ0v) is 11.1. The maximum absolute atomic E-state index is 12.2. The summed E-state index contributed by atoms with van der Waals surface area (Å²) in [4.78, 5) is 28.7. The molecule has 0 N–H and O–H groups in total. The number of carbonyl (C=O) groups is 2. The summed E-state index contributed by atoms with van der Waals surface area (Å²) >= 11 is 0. The summed E-state index contributed by atoms with van der Waals surface area (Å²) in [6.45, 7) is 2.27. The normalized spacial score (nSPS) is 14.0. The number of ether oxygens (including phenoxy) is 1. The Hall–Kier alpha value is -2.04. The first-order valence-corrected chi connectivity index (χ1v) is 6.35. The number of nitrogens with zero attached hydrogens (tertiary/aromatic N) is 1. The molecule has 0 atom stereocenters. The largest absolute Gasteiger partial charge is 0.497 e. The lowest BCUT2D eigenvalue weighted by molar-refractivity contribution is -0.178. The van der Waals surface area contributed by atoms with Crippen LogP contribution in [0.25, 0.3) is 0 Å². The Bertz CT molecular complexity index is 498. The van der Waals surface area contributed by atoms with E-state index in [4.69, 9.17) is 9.57 Å². The van der Waals surface area contributed by atoms with Crippen molar-refractivity contribution in [2.24, 2.45) is 0 Å². The van der Waals surface area contributed by atoms with Crippen LogP contribution < -0.4 is 4.74 Å². The van der Waals surface area contributed by atoms with Gasteiger partial charge in [0.05, 0.1) is 13.7 Å². The molecule has 102 valence electrons. The molecule has 0 saturated carbocycles. The Morgan fingerprint density at radius 2 is 2.21 bits per heavy atom. The van der Waals surface area contributed by atoms with Gasteiger partial charge >= 0.3 is 5.97 Å². The minimum Gasteiger partial charge on any atom is -0.497 e. The Kier molecular flexibility index (Phi) is 4.04. The van der Waals surface area contributed by atoms with E-state index in [1.165, 1.54) is 0 Å². The van der Waals surface area contributed by atoms with Crippen molar-refractivity contribution in [3.05, 3.63) is 29.3 Å². The Balaban J connectivity index is 2.13. The number of hydroxylamine groups is 2. The molecule has 0 spiro atoms. The van der Waals surface area contributed by atoms with Gasteiger partial charge in [-0.3, -0.25) is 4.79 Å². The lowest BCUT2D eigenvalue weighted by Crippen LogP contribution is -2.39. The standard InChI is InChI=1S/C14H17NO4/c1-3-4-13(16)19-15-8-7-10-9-11(18-2)5-6-12(10)14(15)17/h5-6,9H,3-4,7-8H2,1-2H3. The van der Waals surface area contributed by atoms with Crippen molar-refractivity contribution in [1.29, 1.82) is 0 Å². The molecule has 0 aromatic heterocycles. The number of methoxy groups -OCH3 is 1. The van der Waals surface area contributed by atoms with Gasteiger partial charge in [0.25, 0.3) is 5.91 Å². The van der Waals surface area contributed by atoms with Crippen molar-refractivity contribution in [2.45, 2.75) is 26.2 Å². The molecule has 1 heterocycles. The highest BCUT2D eigenvalue weighted by atomic mass is 16.7. The molecule has 1 aromatic rings. The van der Waals surface area contributed by atoms with Gasteiger partial charge in [-0.25, -0.2) is 4.79 Å². The van der Waals surface area contributed by atoms with Gasteiger partial charge in [-0.1, -0.05) is 6.92 Å². The highest BCUT2D eigenvalue weighted by Crippen LogP contribution is 2.24. The number of benzene rings is 1. The second-order valence-electron chi connectivity index (χ2n) is 4.39. The van der Waals surface area contributed by atoms with Crippen LogP contribution in [-0.2, 0) is 16.1 Å². The fourth-order valence-electron chi connectivity index (χ4n) is 2.03. The maximum atomic E-state index is 12.2. The summed E-state index contributed by atoms with van der Waals surface area (Å²) in [7, 11) is 1.59. The molecule has 19 heavy (non-hydrogen) atoms. The van der Waals surface area contributed by atoms with Gasteiger partial charge in [0.2, 0.25) is 0 Å². The third kappa shape index (κ3) is 2.86. The van der Waals surface area contributed by atoms with Crippen molar-refractivity contribution in [1.82, 2.24) is 5.06 Å². The van der Waals surface area contributed by atoms with Gasteiger partial charge in [-0.05, 0) is 36.6 Å². The summed E-state index contributed by atoms with van der Waals surface area (Å²) in [6, 6.07) is 5.28. The summed E-state index contributed by atoms with van der Waals surface area (Å²) < 4.78 is 5.13. The predicted molar refractivity (Wildman–Crippen MR) is 68.7 cm³/mol. The molecule has 0 bridgehead atoms. The third-order valence-corrected chi connectivity index (χ3v) is 3.02. The number of hydrogen-bond donors (Lipinski definition) is 0. The average Bonchev–Trinajstić information content (AvgIpc) is 2.42. The topological polar surface area (TPSA) is 55.8 Å². The number of carbonyl (C=O) groups excluding carboxylic acids is 2. The van der Waals surface area contributed by atoms with Crippen molar-refractivity contribution in [2.75, 3.05) is 13.7 Å². The molecule has 5 nitrogen and oxygen atoms in total. The number of hydrogen-bond acceptors (Lipinski definition) is 4. The van der Waals surface area contributed by atoms with Crippen LogP contribution in [0.15, 0.2) is 18.2 Å². The van der Waals surface area contributed by atoms with E-state index in [9.17, 15) is 9.59 Å². The van der Waals surface area contributed by atoms with Gasteiger partial charge in [0, 0.05) is 12.0 Å². The molecular formula is C14H17NO4. The van der Waals surface area contributed by atoms with Crippen molar-refractivity contribution in [3.8, 4) is 5.75 Å². The van der Waals surface area contributed by atoms with Crippen LogP contribution in [0.5, 0.6) is 5.75 Å². The van der Waals surface area contributed by atoms with E-state index >= 15 is 0 Å². The molecule has 0 fully saturated rings. The first-order chi connectivity index (χ1) is 9.15. The smallest absolute Gasteiger partial charge is 0.332 e. The van der Waals surface area contributed by atoms with E-state index < -0.39 is 0 Å².